The summed E-state index contributed by atoms with van der Waals surface area (Å²) in [7, 11) is 0. The molecule has 0 fully saturated rings. The Balaban J connectivity index is 2.53. The fourth-order valence-corrected chi connectivity index (χ4v) is 1.92. The Kier molecular flexibility index (Phi) is 3.94. The maximum Gasteiger partial charge on any atom is 0.274 e. The van der Waals surface area contributed by atoms with Gasteiger partial charge in [-0.2, -0.15) is 0 Å². The number of nitrogens with zero attached hydrogens (tertiary/aromatic N) is 1. The fourth-order valence-electron chi connectivity index (χ4n) is 1.92. The van der Waals surface area contributed by atoms with E-state index >= 15 is 0 Å². The highest BCUT2D eigenvalue weighted by atomic mass is 16.5. The Morgan fingerprint density at radius 2 is 2.16 bits per heavy atom. The van der Waals surface area contributed by atoms with Crippen molar-refractivity contribution >= 4 is 16.7 Å². The van der Waals surface area contributed by atoms with Crippen LogP contribution in [0.2, 0.25) is 0 Å². The van der Waals surface area contributed by atoms with Crippen LogP contribution in [-0.2, 0) is 6.54 Å². The third kappa shape index (κ3) is 2.64. The second kappa shape index (κ2) is 5.64. The molecular weight excluding hydrogens is 246 g/mol. The molecule has 6 heteroatoms. The Hall–Kier alpha value is -2.18. The lowest BCUT2D eigenvalue weighted by Gasteiger charge is -2.07. The van der Waals surface area contributed by atoms with Crippen LogP contribution in [0.1, 0.15) is 16.8 Å². The van der Waals surface area contributed by atoms with Crippen LogP contribution in [0.4, 0.5) is 0 Å². The number of nitrogens with one attached hydrogen (secondary N) is 1. The summed E-state index contributed by atoms with van der Waals surface area (Å²) in [6.07, 6.45) is 2.42. The van der Waals surface area contributed by atoms with Crippen LogP contribution < -0.4 is 16.8 Å². The third-order valence-corrected chi connectivity index (χ3v) is 2.95. The number of nitrogens with two attached hydrogens (primary N) is 1. The van der Waals surface area contributed by atoms with Gasteiger partial charge in [0.05, 0.1) is 0 Å². The average Bonchev–Trinajstić information content (AvgIpc) is 2.45. The minimum Gasteiger partial charge on any atom is -0.330 e. The zero-order chi connectivity index (χ0) is 13.8. The van der Waals surface area contributed by atoms with E-state index in [1.165, 1.54) is 6.07 Å². The smallest absolute Gasteiger partial charge is 0.274 e. The molecule has 0 saturated carbocycles. The molecule has 0 atom stereocenters. The van der Waals surface area contributed by atoms with Gasteiger partial charge in [0.2, 0.25) is 0 Å². The topological polar surface area (TPSA) is 97.3 Å². The van der Waals surface area contributed by atoms with Gasteiger partial charge in [-0.3, -0.25) is 14.8 Å². The lowest BCUT2D eigenvalue weighted by atomic mass is 10.1. The van der Waals surface area contributed by atoms with Gasteiger partial charge in [-0.1, -0.05) is 6.07 Å². The Morgan fingerprint density at radius 1 is 1.37 bits per heavy atom. The molecule has 0 aliphatic carbocycles. The average molecular weight is 261 g/mol. The van der Waals surface area contributed by atoms with E-state index in [0.717, 1.165) is 5.39 Å². The largest absolute Gasteiger partial charge is 0.330 e. The summed E-state index contributed by atoms with van der Waals surface area (Å²) in [6.45, 7) is 1.05. The van der Waals surface area contributed by atoms with E-state index in [9.17, 15) is 9.59 Å². The molecular formula is C13H15N3O3. The molecule has 1 aromatic heterocycles. The molecule has 0 bridgehead atoms. The van der Waals surface area contributed by atoms with Gasteiger partial charge in [0.1, 0.15) is 0 Å². The van der Waals surface area contributed by atoms with Crippen LogP contribution in [0.15, 0.2) is 35.3 Å². The van der Waals surface area contributed by atoms with E-state index in [0.29, 0.717) is 24.9 Å². The predicted octanol–water partition coefficient (Wildman–Crippen LogP) is 0.469. The van der Waals surface area contributed by atoms with E-state index in [-0.39, 0.29) is 11.1 Å². The number of pyridine rings is 1. The number of fused-ring (bicyclic) bond motifs is 1. The zero-order valence-electron chi connectivity index (χ0n) is 10.3. The first kappa shape index (κ1) is 13.3. The van der Waals surface area contributed by atoms with Gasteiger partial charge < -0.3 is 10.3 Å². The van der Waals surface area contributed by atoms with Crippen LogP contribution in [0, 0.1) is 0 Å². The van der Waals surface area contributed by atoms with Crippen LogP contribution >= 0.6 is 0 Å². The highest BCUT2D eigenvalue weighted by molar-refractivity contribution is 5.97. The predicted molar refractivity (Wildman–Crippen MR) is 71.1 cm³/mol. The van der Waals surface area contributed by atoms with Crippen LogP contribution in [0.5, 0.6) is 0 Å². The number of aryl methyl sites for hydroxylation is 1. The summed E-state index contributed by atoms with van der Waals surface area (Å²) >= 11 is 0. The molecule has 0 radical (unpaired) electrons. The van der Waals surface area contributed by atoms with E-state index in [1.54, 1.807) is 28.4 Å². The number of carbonyl (C=O) groups is 1. The van der Waals surface area contributed by atoms with Crippen molar-refractivity contribution in [3.05, 3.63) is 46.4 Å². The first-order valence-electron chi connectivity index (χ1n) is 5.95. The van der Waals surface area contributed by atoms with Gasteiger partial charge in [-0.05, 0) is 36.6 Å². The van der Waals surface area contributed by atoms with Crippen LogP contribution in [0.25, 0.3) is 10.8 Å². The number of rotatable bonds is 4. The van der Waals surface area contributed by atoms with Crippen LogP contribution in [-0.4, -0.2) is 22.2 Å². The molecule has 0 spiro atoms. The molecule has 0 saturated heterocycles. The normalized spacial score (nSPS) is 10.6. The lowest BCUT2D eigenvalue weighted by molar-refractivity contribution is 0.0706. The van der Waals surface area contributed by atoms with Crippen molar-refractivity contribution in [2.75, 3.05) is 6.54 Å². The van der Waals surface area contributed by atoms with Gasteiger partial charge >= 0.3 is 0 Å². The zero-order valence-corrected chi connectivity index (χ0v) is 10.3. The van der Waals surface area contributed by atoms with Gasteiger partial charge in [0, 0.05) is 23.7 Å². The molecule has 1 heterocycles. The summed E-state index contributed by atoms with van der Waals surface area (Å²) in [5, 5.41) is 9.80. The second-order valence-corrected chi connectivity index (χ2v) is 4.20. The third-order valence-electron chi connectivity index (χ3n) is 2.95. The van der Waals surface area contributed by atoms with E-state index < -0.39 is 5.91 Å². The lowest BCUT2D eigenvalue weighted by Crippen LogP contribution is -2.22. The van der Waals surface area contributed by atoms with Gasteiger partial charge in [-0.25, -0.2) is 5.48 Å². The maximum atomic E-state index is 12.2. The molecule has 1 amide bonds. The van der Waals surface area contributed by atoms with Crippen molar-refractivity contribution in [1.82, 2.24) is 10.0 Å². The van der Waals surface area contributed by atoms with Crippen molar-refractivity contribution in [2.45, 2.75) is 13.0 Å². The van der Waals surface area contributed by atoms with Crippen LogP contribution in [0.3, 0.4) is 0 Å². The SMILES string of the molecule is NCCCn1ccc2ccc(C(=O)NO)cc2c1=O. The van der Waals surface area contributed by atoms with Crippen molar-refractivity contribution in [2.24, 2.45) is 5.73 Å². The molecule has 2 rings (SSSR count). The number of amides is 1. The minimum atomic E-state index is -0.640. The molecule has 1 aromatic carbocycles. The summed E-state index contributed by atoms with van der Waals surface area (Å²) in [6, 6.07) is 6.52. The monoisotopic (exact) mass is 261 g/mol. The number of hydrogen-bond acceptors (Lipinski definition) is 4. The van der Waals surface area contributed by atoms with Gasteiger partial charge in [-0.15, -0.1) is 0 Å². The quantitative estimate of drug-likeness (QED) is 0.550. The van der Waals surface area contributed by atoms with Gasteiger partial charge in [0.15, 0.2) is 0 Å². The summed E-state index contributed by atoms with van der Waals surface area (Å²) < 4.78 is 1.57. The highest BCUT2D eigenvalue weighted by Gasteiger charge is 2.08. The van der Waals surface area contributed by atoms with E-state index in [4.69, 9.17) is 10.9 Å². The van der Waals surface area contributed by atoms with Crippen molar-refractivity contribution in [3.63, 3.8) is 0 Å². The summed E-state index contributed by atoms with van der Waals surface area (Å²) in [5.41, 5.74) is 7.05. The van der Waals surface area contributed by atoms with Crippen molar-refractivity contribution in [3.8, 4) is 0 Å². The van der Waals surface area contributed by atoms with E-state index in [1.807, 2.05) is 6.07 Å². The number of benzene rings is 1. The molecule has 100 valence electrons. The highest BCUT2D eigenvalue weighted by Crippen LogP contribution is 2.12. The Labute approximate surface area is 109 Å². The Morgan fingerprint density at radius 3 is 2.84 bits per heavy atom. The summed E-state index contributed by atoms with van der Waals surface area (Å²) in [5.74, 6) is -0.640. The molecule has 19 heavy (non-hydrogen) atoms. The first-order valence-corrected chi connectivity index (χ1v) is 5.95. The number of hydroxylamine groups is 1. The molecule has 2 aromatic rings. The van der Waals surface area contributed by atoms with Crippen molar-refractivity contribution in [1.29, 1.82) is 0 Å². The second-order valence-electron chi connectivity index (χ2n) is 4.20. The molecule has 0 unspecified atom stereocenters. The number of carbonyl (C=O) groups excluding carboxylic acids is 1. The first-order chi connectivity index (χ1) is 9.17. The van der Waals surface area contributed by atoms with Gasteiger partial charge in [0.25, 0.3) is 11.5 Å². The summed E-state index contributed by atoms with van der Waals surface area (Å²) in [4.78, 5) is 23.6. The minimum absolute atomic E-state index is 0.168. The van der Waals surface area contributed by atoms with Crippen molar-refractivity contribution < 1.29 is 10.0 Å². The molecule has 4 N–H and O–H groups in total. The molecule has 0 aliphatic rings. The number of hydrogen-bond donors (Lipinski definition) is 3. The maximum absolute atomic E-state index is 12.2. The Bertz CT molecular complexity index is 664. The van der Waals surface area contributed by atoms with E-state index in [2.05, 4.69) is 0 Å². The molecule has 6 nitrogen and oxygen atoms in total. The number of aromatic nitrogens is 1. The standard InChI is InChI=1S/C13H15N3O3/c14-5-1-6-16-7-4-9-2-3-10(12(17)15-19)8-11(9)13(16)18/h2-4,7-8,19H,1,5-6,14H2,(H,15,17). The fraction of sp³-hybridized carbons (Fsp3) is 0.231. The molecule has 0 aliphatic heterocycles.